The van der Waals surface area contributed by atoms with E-state index in [1.54, 1.807) is 18.6 Å². The van der Waals surface area contributed by atoms with Crippen molar-refractivity contribution >= 4 is 39.6 Å². The molecule has 1 aromatic carbocycles. The zero-order chi connectivity index (χ0) is 14.5. The number of anilines is 2. The van der Waals surface area contributed by atoms with Crippen LogP contribution in [-0.4, -0.2) is 20.3 Å². The van der Waals surface area contributed by atoms with E-state index in [1.807, 2.05) is 36.4 Å². The van der Waals surface area contributed by atoms with E-state index >= 15 is 0 Å². The van der Waals surface area contributed by atoms with Gasteiger partial charge in [-0.05, 0) is 24.4 Å². The van der Waals surface area contributed by atoms with Crippen molar-refractivity contribution in [1.29, 1.82) is 0 Å². The lowest BCUT2D eigenvalue weighted by atomic mass is 10.2. The quantitative estimate of drug-likeness (QED) is 0.506. The maximum Gasteiger partial charge on any atom is 0.189 e. The van der Waals surface area contributed by atoms with Crippen molar-refractivity contribution in [2.45, 2.75) is 0 Å². The van der Waals surface area contributed by atoms with Gasteiger partial charge in [0.1, 0.15) is 0 Å². The first-order valence-electron chi connectivity index (χ1n) is 6.26. The van der Waals surface area contributed by atoms with Crippen molar-refractivity contribution in [3.8, 4) is 0 Å². The van der Waals surface area contributed by atoms with Gasteiger partial charge in [-0.3, -0.25) is 15.8 Å². The highest BCUT2D eigenvalue weighted by Gasteiger charge is 2.03. The van der Waals surface area contributed by atoms with Crippen LogP contribution in [0.2, 0.25) is 0 Å². The zero-order valence-corrected chi connectivity index (χ0v) is 11.8. The highest BCUT2D eigenvalue weighted by Crippen LogP contribution is 2.18. The number of hydrogen-bond acceptors (Lipinski definition) is 5. The molecule has 21 heavy (non-hydrogen) atoms. The molecule has 3 N–H and O–H groups in total. The summed E-state index contributed by atoms with van der Waals surface area (Å²) >= 11 is 5.20. The molecule has 6 nitrogen and oxygen atoms in total. The third-order valence-electron chi connectivity index (χ3n) is 2.78. The second-order valence-electron chi connectivity index (χ2n) is 4.23. The Labute approximate surface area is 126 Å². The number of nitrogens with zero attached hydrogens (tertiary/aromatic N) is 3. The average molecular weight is 296 g/mol. The molecule has 2 aromatic heterocycles. The first-order valence-corrected chi connectivity index (χ1v) is 6.67. The number of aromatic nitrogens is 3. The van der Waals surface area contributed by atoms with Crippen LogP contribution in [0.15, 0.2) is 55.0 Å². The van der Waals surface area contributed by atoms with Crippen LogP contribution in [0.4, 0.5) is 11.5 Å². The molecule has 3 rings (SSSR count). The Morgan fingerprint density at radius 2 is 1.95 bits per heavy atom. The minimum atomic E-state index is 0.415. The molecule has 2 heterocycles. The summed E-state index contributed by atoms with van der Waals surface area (Å²) in [7, 11) is 0. The van der Waals surface area contributed by atoms with E-state index in [9.17, 15) is 0 Å². The molecule has 104 valence electrons. The fraction of sp³-hybridized carbons (Fsp3) is 0. The zero-order valence-electron chi connectivity index (χ0n) is 10.9. The summed E-state index contributed by atoms with van der Waals surface area (Å²) in [5.41, 5.74) is 6.65. The third kappa shape index (κ3) is 3.21. The summed E-state index contributed by atoms with van der Waals surface area (Å²) in [6.07, 6.45) is 5.10. The number of hydrazine groups is 1. The van der Waals surface area contributed by atoms with Crippen molar-refractivity contribution in [2.24, 2.45) is 0 Å². The largest absolute Gasteiger partial charge is 0.330 e. The van der Waals surface area contributed by atoms with Gasteiger partial charge >= 0.3 is 0 Å². The first kappa shape index (κ1) is 13.2. The van der Waals surface area contributed by atoms with E-state index in [2.05, 4.69) is 31.3 Å². The van der Waals surface area contributed by atoms with Crippen LogP contribution < -0.4 is 16.2 Å². The standard InChI is InChI=1S/C14H12N6S/c21-14(17-11-5-3-7-15-9-11)20-19-13-12-6-2-1-4-10(12)8-16-18-13/h1-9H,(H,18,19)(H2,17,20,21). The van der Waals surface area contributed by atoms with Crippen molar-refractivity contribution < 1.29 is 0 Å². The number of pyridine rings is 1. The second kappa shape index (κ2) is 6.10. The van der Waals surface area contributed by atoms with Crippen molar-refractivity contribution in [2.75, 3.05) is 10.7 Å². The summed E-state index contributed by atoms with van der Waals surface area (Å²) in [5, 5.41) is 13.4. The van der Waals surface area contributed by atoms with Crippen LogP contribution in [0, 0.1) is 0 Å². The lowest BCUT2D eigenvalue weighted by Gasteiger charge is -2.12. The fourth-order valence-corrected chi connectivity index (χ4v) is 2.00. The van der Waals surface area contributed by atoms with E-state index in [-0.39, 0.29) is 0 Å². The van der Waals surface area contributed by atoms with Gasteiger partial charge in [-0.2, -0.15) is 5.10 Å². The molecule has 0 saturated carbocycles. The summed E-state index contributed by atoms with van der Waals surface area (Å²) < 4.78 is 0. The number of rotatable bonds is 3. The van der Waals surface area contributed by atoms with Crippen molar-refractivity contribution in [1.82, 2.24) is 20.6 Å². The molecule has 7 heteroatoms. The number of thiocarbonyl (C=S) groups is 1. The Kier molecular flexibility index (Phi) is 3.83. The maximum absolute atomic E-state index is 5.20. The molecular weight excluding hydrogens is 284 g/mol. The molecule has 0 aliphatic rings. The van der Waals surface area contributed by atoms with E-state index < -0.39 is 0 Å². The lowest BCUT2D eigenvalue weighted by molar-refractivity contribution is 1.01. The Morgan fingerprint density at radius 3 is 2.81 bits per heavy atom. The highest BCUT2D eigenvalue weighted by molar-refractivity contribution is 7.80. The smallest absolute Gasteiger partial charge is 0.189 e. The fourth-order valence-electron chi connectivity index (χ4n) is 1.84. The van der Waals surface area contributed by atoms with E-state index in [0.29, 0.717) is 10.9 Å². The second-order valence-corrected chi connectivity index (χ2v) is 4.63. The summed E-state index contributed by atoms with van der Waals surface area (Å²) in [5.74, 6) is 0.614. The van der Waals surface area contributed by atoms with E-state index in [0.717, 1.165) is 16.5 Å². The van der Waals surface area contributed by atoms with Crippen molar-refractivity contribution in [3.05, 3.63) is 55.0 Å². The van der Waals surface area contributed by atoms with Gasteiger partial charge in [-0.1, -0.05) is 24.3 Å². The molecule has 0 spiro atoms. The van der Waals surface area contributed by atoms with Crippen molar-refractivity contribution in [3.63, 3.8) is 0 Å². The Balaban J connectivity index is 1.68. The summed E-state index contributed by atoms with van der Waals surface area (Å²) in [6.45, 7) is 0. The minimum absolute atomic E-state index is 0.415. The number of hydrogen-bond donors (Lipinski definition) is 3. The van der Waals surface area contributed by atoms with Gasteiger partial charge < -0.3 is 5.32 Å². The predicted octanol–water partition coefficient (Wildman–Crippen LogP) is 2.34. The average Bonchev–Trinajstić information content (AvgIpc) is 2.54. The van der Waals surface area contributed by atoms with Gasteiger partial charge in [0.25, 0.3) is 0 Å². The monoisotopic (exact) mass is 296 g/mol. The Morgan fingerprint density at radius 1 is 1.05 bits per heavy atom. The molecule has 0 unspecified atom stereocenters. The topological polar surface area (TPSA) is 74.8 Å². The van der Waals surface area contributed by atoms with Crippen LogP contribution in [0.3, 0.4) is 0 Å². The molecule has 0 aliphatic heterocycles. The molecule has 0 amide bonds. The van der Waals surface area contributed by atoms with Crippen LogP contribution in [0.25, 0.3) is 10.8 Å². The normalized spacial score (nSPS) is 10.1. The summed E-state index contributed by atoms with van der Waals surface area (Å²) in [4.78, 5) is 4.00. The first-order chi connectivity index (χ1) is 10.3. The van der Waals surface area contributed by atoms with Crippen LogP contribution in [-0.2, 0) is 0 Å². The SMILES string of the molecule is S=C(NNc1nncc2ccccc12)Nc1cccnc1. The Bertz CT molecular complexity index is 756. The van der Waals surface area contributed by atoms with Gasteiger partial charge in [-0.25, -0.2) is 0 Å². The van der Waals surface area contributed by atoms with Gasteiger partial charge in [0, 0.05) is 17.0 Å². The molecule has 0 aliphatic carbocycles. The molecule has 0 atom stereocenters. The molecule has 0 saturated heterocycles. The maximum atomic E-state index is 5.20. The summed E-state index contributed by atoms with van der Waals surface area (Å²) in [6, 6.07) is 11.5. The highest BCUT2D eigenvalue weighted by atomic mass is 32.1. The number of benzene rings is 1. The number of fused-ring (bicyclic) bond motifs is 1. The number of nitrogens with one attached hydrogen (secondary N) is 3. The minimum Gasteiger partial charge on any atom is -0.330 e. The Hall–Kier alpha value is -2.80. The van der Waals surface area contributed by atoms with Crippen LogP contribution >= 0.6 is 12.2 Å². The molecule has 0 radical (unpaired) electrons. The molecule has 0 bridgehead atoms. The molecule has 0 fully saturated rings. The third-order valence-corrected chi connectivity index (χ3v) is 2.99. The van der Waals surface area contributed by atoms with Gasteiger partial charge in [0.05, 0.1) is 18.1 Å². The van der Waals surface area contributed by atoms with E-state index in [4.69, 9.17) is 12.2 Å². The lowest BCUT2D eigenvalue weighted by Crippen LogP contribution is -2.33. The van der Waals surface area contributed by atoms with Crippen LogP contribution in [0.5, 0.6) is 0 Å². The van der Waals surface area contributed by atoms with Gasteiger partial charge in [-0.15, -0.1) is 5.10 Å². The van der Waals surface area contributed by atoms with Gasteiger partial charge in [0.15, 0.2) is 10.9 Å². The van der Waals surface area contributed by atoms with E-state index in [1.165, 1.54) is 0 Å². The molecule has 3 aromatic rings. The molecular formula is C14H12N6S. The van der Waals surface area contributed by atoms with Crippen LogP contribution in [0.1, 0.15) is 0 Å². The predicted molar refractivity (Wildman–Crippen MR) is 86.8 cm³/mol. The van der Waals surface area contributed by atoms with Gasteiger partial charge in [0.2, 0.25) is 0 Å².